The molecule has 15 heavy (non-hydrogen) atoms. The summed E-state index contributed by atoms with van der Waals surface area (Å²) in [5.74, 6) is 0. The minimum Gasteiger partial charge on any atom is -0.423 e. The zero-order valence-electron chi connectivity index (χ0n) is 7.91. The Bertz CT molecular complexity index is 448. The summed E-state index contributed by atoms with van der Waals surface area (Å²) in [6.45, 7) is 0. The molecular formula is C10H9BN2O2. The number of aromatic nitrogens is 2. The van der Waals surface area contributed by atoms with E-state index in [1.165, 1.54) is 6.20 Å². The molecule has 0 radical (unpaired) electrons. The predicted molar refractivity (Wildman–Crippen MR) is 57.3 cm³/mol. The van der Waals surface area contributed by atoms with Crippen molar-refractivity contribution in [3.8, 4) is 11.3 Å². The summed E-state index contributed by atoms with van der Waals surface area (Å²) >= 11 is 0. The number of hydrogen-bond acceptors (Lipinski definition) is 4. The van der Waals surface area contributed by atoms with Gasteiger partial charge in [-0.1, -0.05) is 0 Å². The predicted octanol–water partition coefficient (Wildman–Crippen LogP) is -0.177. The normalized spacial score (nSPS) is 10.0. The molecule has 0 aromatic carbocycles. The lowest BCUT2D eigenvalue weighted by atomic mass is 9.80. The van der Waals surface area contributed by atoms with Gasteiger partial charge in [-0.3, -0.25) is 9.97 Å². The maximum absolute atomic E-state index is 9.01. The molecule has 2 rings (SSSR count). The van der Waals surface area contributed by atoms with Gasteiger partial charge in [0.05, 0.1) is 5.69 Å². The Morgan fingerprint density at radius 1 is 1.13 bits per heavy atom. The van der Waals surface area contributed by atoms with Crippen LogP contribution in [0.5, 0.6) is 0 Å². The zero-order chi connectivity index (χ0) is 10.7. The van der Waals surface area contributed by atoms with Crippen LogP contribution in [-0.2, 0) is 0 Å². The van der Waals surface area contributed by atoms with Gasteiger partial charge in [0.1, 0.15) is 0 Å². The van der Waals surface area contributed by atoms with Gasteiger partial charge < -0.3 is 10.0 Å². The molecule has 2 aromatic heterocycles. The maximum atomic E-state index is 9.01. The second-order valence-electron chi connectivity index (χ2n) is 3.09. The standard InChI is InChI=1S/C10H9BN2O2/c14-11(15)9-3-5-13-10(6-9)8-2-1-4-12-7-8/h1-7,14-15H. The summed E-state index contributed by atoms with van der Waals surface area (Å²) in [6.07, 6.45) is 4.89. The van der Waals surface area contributed by atoms with Gasteiger partial charge in [-0.2, -0.15) is 0 Å². The highest BCUT2D eigenvalue weighted by Gasteiger charge is 2.11. The minimum atomic E-state index is -1.47. The molecule has 0 aliphatic rings. The summed E-state index contributed by atoms with van der Waals surface area (Å²) in [7, 11) is -1.47. The van der Waals surface area contributed by atoms with Crippen molar-refractivity contribution in [2.24, 2.45) is 0 Å². The summed E-state index contributed by atoms with van der Waals surface area (Å²) in [5.41, 5.74) is 1.94. The fourth-order valence-corrected chi connectivity index (χ4v) is 1.28. The van der Waals surface area contributed by atoms with Crippen LogP contribution in [-0.4, -0.2) is 27.1 Å². The van der Waals surface area contributed by atoms with Crippen LogP contribution in [0.25, 0.3) is 11.3 Å². The van der Waals surface area contributed by atoms with Crippen LogP contribution < -0.4 is 5.46 Å². The highest BCUT2D eigenvalue weighted by molar-refractivity contribution is 6.58. The molecule has 0 atom stereocenters. The molecule has 0 amide bonds. The number of hydrogen-bond donors (Lipinski definition) is 2. The number of pyridine rings is 2. The van der Waals surface area contributed by atoms with Gasteiger partial charge in [-0.05, 0) is 29.7 Å². The Hall–Kier alpha value is -1.72. The van der Waals surface area contributed by atoms with E-state index in [0.29, 0.717) is 11.2 Å². The monoisotopic (exact) mass is 200 g/mol. The fraction of sp³-hybridized carbons (Fsp3) is 0. The van der Waals surface area contributed by atoms with Crippen molar-refractivity contribution in [2.75, 3.05) is 0 Å². The lowest BCUT2D eigenvalue weighted by molar-refractivity contribution is 0.425. The van der Waals surface area contributed by atoms with Gasteiger partial charge in [0.2, 0.25) is 0 Å². The summed E-state index contributed by atoms with van der Waals surface area (Å²) < 4.78 is 0. The minimum absolute atomic E-state index is 0.420. The SMILES string of the molecule is OB(O)c1ccnc(-c2cccnc2)c1. The molecule has 0 fully saturated rings. The number of nitrogens with zero attached hydrogens (tertiary/aromatic N) is 2. The summed E-state index contributed by atoms with van der Waals surface area (Å²) in [4.78, 5) is 8.10. The molecule has 74 valence electrons. The van der Waals surface area contributed by atoms with Gasteiger partial charge >= 0.3 is 7.12 Å². The maximum Gasteiger partial charge on any atom is 0.488 e. The molecule has 0 unspecified atom stereocenters. The lowest BCUT2D eigenvalue weighted by Crippen LogP contribution is -2.29. The Kier molecular flexibility index (Phi) is 2.76. The average Bonchev–Trinajstić information content (AvgIpc) is 2.30. The molecule has 2 heterocycles. The first-order chi connectivity index (χ1) is 7.27. The molecule has 0 aliphatic heterocycles. The van der Waals surface area contributed by atoms with E-state index in [1.807, 2.05) is 6.07 Å². The molecule has 0 bridgehead atoms. The van der Waals surface area contributed by atoms with Crippen molar-refractivity contribution in [1.29, 1.82) is 0 Å². The van der Waals surface area contributed by atoms with Crippen molar-refractivity contribution in [3.63, 3.8) is 0 Å². The Morgan fingerprint density at radius 2 is 2.00 bits per heavy atom. The summed E-state index contributed by atoms with van der Waals surface area (Å²) in [5, 5.41) is 18.0. The van der Waals surface area contributed by atoms with Crippen LogP contribution in [0.4, 0.5) is 0 Å². The Labute approximate surface area is 87.4 Å². The smallest absolute Gasteiger partial charge is 0.423 e. The number of rotatable bonds is 2. The van der Waals surface area contributed by atoms with E-state index in [4.69, 9.17) is 10.0 Å². The third kappa shape index (κ3) is 2.20. The third-order valence-corrected chi connectivity index (χ3v) is 2.04. The first-order valence-electron chi connectivity index (χ1n) is 4.50. The van der Waals surface area contributed by atoms with Gasteiger partial charge in [-0.15, -0.1) is 0 Å². The van der Waals surface area contributed by atoms with Crippen molar-refractivity contribution in [1.82, 2.24) is 9.97 Å². The second-order valence-corrected chi connectivity index (χ2v) is 3.09. The van der Waals surface area contributed by atoms with Crippen LogP contribution in [0.2, 0.25) is 0 Å². The van der Waals surface area contributed by atoms with Crippen molar-refractivity contribution in [2.45, 2.75) is 0 Å². The fourth-order valence-electron chi connectivity index (χ4n) is 1.28. The van der Waals surface area contributed by atoms with Crippen LogP contribution in [0.1, 0.15) is 0 Å². The first-order valence-corrected chi connectivity index (χ1v) is 4.50. The molecular weight excluding hydrogens is 191 g/mol. The first kappa shape index (κ1) is 9.83. The van der Waals surface area contributed by atoms with Crippen LogP contribution in [0.15, 0.2) is 42.9 Å². The van der Waals surface area contributed by atoms with Gasteiger partial charge in [-0.25, -0.2) is 0 Å². The summed E-state index contributed by atoms with van der Waals surface area (Å²) in [6, 6.07) is 6.86. The van der Waals surface area contributed by atoms with Crippen LogP contribution >= 0.6 is 0 Å². The average molecular weight is 200 g/mol. The van der Waals surface area contributed by atoms with E-state index in [0.717, 1.165) is 5.56 Å². The highest BCUT2D eigenvalue weighted by Crippen LogP contribution is 2.12. The largest absolute Gasteiger partial charge is 0.488 e. The van der Waals surface area contributed by atoms with Gasteiger partial charge in [0.15, 0.2) is 0 Å². The molecule has 0 saturated carbocycles. The second kappa shape index (κ2) is 4.21. The van der Waals surface area contributed by atoms with Crippen molar-refractivity contribution in [3.05, 3.63) is 42.9 Å². The highest BCUT2D eigenvalue weighted by atomic mass is 16.4. The molecule has 4 nitrogen and oxygen atoms in total. The quantitative estimate of drug-likeness (QED) is 0.660. The Balaban J connectivity index is 2.42. The zero-order valence-corrected chi connectivity index (χ0v) is 7.91. The van der Waals surface area contributed by atoms with E-state index in [1.54, 1.807) is 30.6 Å². The van der Waals surface area contributed by atoms with E-state index in [2.05, 4.69) is 9.97 Å². The van der Waals surface area contributed by atoms with Crippen LogP contribution in [0.3, 0.4) is 0 Å². The van der Waals surface area contributed by atoms with E-state index < -0.39 is 7.12 Å². The van der Waals surface area contributed by atoms with Gasteiger partial charge in [0.25, 0.3) is 0 Å². The van der Waals surface area contributed by atoms with Gasteiger partial charge in [0, 0.05) is 24.2 Å². The van der Waals surface area contributed by atoms with E-state index in [9.17, 15) is 0 Å². The van der Waals surface area contributed by atoms with Crippen molar-refractivity contribution < 1.29 is 10.0 Å². The van der Waals surface area contributed by atoms with Crippen LogP contribution in [0, 0.1) is 0 Å². The molecule has 0 saturated heterocycles. The molecule has 0 aliphatic carbocycles. The molecule has 5 heteroatoms. The third-order valence-electron chi connectivity index (χ3n) is 2.04. The molecule has 2 N–H and O–H groups in total. The van der Waals surface area contributed by atoms with Crippen molar-refractivity contribution >= 4 is 12.6 Å². The van der Waals surface area contributed by atoms with E-state index >= 15 is 0 Å². The van der Waals surface area contributed by atoms with E-state index in [-0.39, 0.29) is 0 Å². The Morgan fingerprint density at radius 3 is 2.67 bits per heavy atom. The topological polar surface area (TPSA) is 66.2 Å². The molecule has 0 spiro atoms. The molecule has 2 aromatic rings. The lowest BCUT2D eigenvalue weighted by Gasteiger charge is -2.02.